The van der Waals surface area contributed by atoms with Gasteiger partial charge in [-0.15, -0.1) is 5.10 Å². The lowest BCUT2D eigenvalue weighted by molar-refractivity contribution is -0.123. The van der Waals surface area contributed by atoms with Gasteiger partial charge in [-0.2, -0.15) is 4.52 Å². The number of hydrogen-bond acceptors (Lipinski definition) is 6. The minimum Gasteiger partial charge on any atom is -0.492 e. The second-order valence-corrected chi connectivity index (χ2v) is 8.98. The van der Waals surface area contributed by atoms with Crippen molar-refractivity contribution in [3.05, 3.63) is 44.5 Å². The van der Waals surface area contributed by atoms with E-state index >= 15 is 0 Å². The minimum absolute atomic E-state index is 0.0743. The average Bonchev–Trinajstić information content (AvgIpc) is 3.25. The standard InChI is InChI=1S/C19H21Cl2N5O2S/c1-2-14-23-19-26(24-14)18(28)16(29-19)15(11-3-4-12(20)13(21)9-11)25-7-5-10(6-8-25)17(22)27/h3-4,9-10,15,28H,2,5-8H2,1H3,(H2,22,27). The number of carbonyl (C=O) groups excluding carboxylic acids is 1. The Hall–Kier alpha value is -1.87. The van der Waals surface area contributed by atoms with E-state index in [0.717, 1.165) is 10.4 Å². The third-order valence-electron chi connectivity index (χ3n) is 5.36. The number of halogens is 2. The number of thiazole rings is 1. The molecule has 4 rings (SSSR count). The van der Waals surface area contributed by atoms with Crippen LogP contribution in [0.4, 0.5) is 0 Å². The molecule has 1 saturated heterocycles. The number of fused-ring (bicyclic) bond motifs is 1. The molecule has 7 nitrogen and oxygen atoms in total. The molecule has 1 aliphatic rings. The molecule has 0 saturated carbocycles. The monoisotopic (exact) mass is 453 g/mol. The zero-order chi connectivity index (χ0) is 20.7. The van der Waals surface area contributed by atoms with Gasteiger partial charge in [0.15, 0.2) is 5.82 Å². The number of aromatic nitrogens is 3. The Kier molecular flexibility index (Phi) is 5.70. The van der Waals surface area contributed by atoms with Crippen LogP contribution in [0, 0.1) is 5.92 Å². The van der Waals surface area contributed by atoms with E-state index in [9.17, 15) is 9.90 Å². The van der Waals surface area contributed by atoms with E-state index in [0.29, 0.717) is 53.2 Å². The first-order chi connectivity index (χ1) is 13.9. The Morgan fingerprint density at radius 1 is 1.34 bits per heavy atom. The summed E-state index contributed by atoms with van der Waals surface area (Å²) in [6.45, 7) is 3.32. The summed E-state index contributed by atoms with van der Waals surface area (Å²) in [6.07, 6.45) is 2.04. The number of amides is 1. The van der Waals surface area contributed by atoms with E-state index in [-0.39, 0.29) is 23.7 Å². The molecule has 10 heteroatoms. The van der Waals surface area contributed by atoms with Crippen LogP contribution < -0.4 is 5.73 Å². The van der Waals surface area contributed by atoms with Crippen LogP contribution in [0.3, 0.4) is 0 Å². The fourth-order valence-corrected chi connectivity index (χ4v) is 5.21. The summed E-state index contributed by atoms with van der Waals surface area (Å²) >= 11 is 13.8. The van der Waals surface area contributed by atoms with Crippen LogP contribution in [-0.4, -0.2) is 43.6 Å². The number of nitrogens with two attached hydrogens (primary N) is 1. The Balaban J connectivity index is 1.76. The van der Waals surface area contributed by atoms with Crippen LogP contribution in [0.5, 0.6) is 5.88 Å². The van der Waals surface area contributed by atoms with Crippen LogP contribution in [0.2, 0.25) is 10.0 Å². The SMILES string of the molecule is CCc1nc2sc(C(c3ccc(Cl)c(Cl)c3)N3CCC(C(N)=O)CC3)c(O)n2n1. The number of benzene rings is 1. The summed E-state index contributed by atoms with van der Waals surface area (Å²) in [5.74, 6) is 0.380. The number of carbonyl (C=O) groups is 1. The summed E-state index contributed by atoms with van der Waals surface area (Å²) in [7, 11) is 0. The molecule has 1 unspecified atom stereocenters. The van der Waals surface area contributed by atoms with Crippen LogP contribution >= 0.6 is 34.5 Å². The van der Waals surface area contributed by atoms with E-state index in [4.69, 9.17) is 28.9 Å². The number of hydrogen-bond donors (Lipinski definition) is 2. The molecule has 3 heterocycles. The van der Waals surface area contributed by atoms with Crippen molar-refractivity contribution in [2.24, 2.45) is 11.7 Å². The van der Waals surface area contributed by atoms with Crippen LogP contribution in [-0.2, 0) is 11.2 Å². The van der Waals surface area contributed by atoms with Crippen molar-refractivity contribution >= 4 is 45.4 Å². The maximum Gasteiger partial charge on any atom is 0.230 e. The van der Waals surface area contributed by atoms with Gasteiger partial charge < -0.3 is 10.8 Å². The van der Waals surface area contributed by atoms with Gasteiger partial charge in [0, 0.05) is 12.3 Å². The van der Waals surface area contributed by atoms with E-state index in [2.05, 4.69) is 15.0 Å². The smallest absolute Gasteiger partial charge is 0.230 e. The second kappa shape index (κ2) is 8.10. The molecular formula is C19H21Cl2N5O2S. The zero-order valence-corrected chi connectivity index (χ0v) is 18.1. The highest BCUT2D eigenvalue weighted by atomic mass is 35.5. The Morgan fingerprint density at radius 3 is 2.66 bits per heavy atom. The fraction of sp³-hybridized carbons (Fsp3) is 0.421. The van der Waals surface area contributed by atoms with E-state index in [1.807, 2.05) is 19.1 Å². The first-order valence-electron chi connectivity index (χ1n) is 9.44. The molecule has 0 radical (unpaired) electrons. The summed E-state index contributed by atoms with van der Waals surface area (Å²) in [5.41, 5.74) is 6.40. The molecule has 1 amide bonds. The van der Waals surface area contributed by atoms with Gasteiger partial charge in [-0.25, -0.2) is 4.98 Å². The molecule has 1 aromatic carbocycles. The first-order valence-corrected chi connectivity index (χ1v) is 11.0. The highest BCUT2D eigenvalue weighted by molar-refractivity contribution is 7.17. The normalized spacial score (nSPS) is 17.1. The third kappa shape index (κ3) is 3.82. The van der Waals surface area contributed by atoms with Crippen molar-refractivity contribution in [2.75, 3.05) is 13.1 Å². The number of nitrogens with zero attached hydrogens (tertiary/aromatic N) is 4. The molecular weight excluding hydrogens is 433 g/mol. The average molecular weight is 454 g/mol. The Morgan fingerprint density at radius 2 is 2.07 bits per heavy atom. The Bertz CT molecular complexity index is 1060. The van der Waals surface area contributed by atoms with Gasteiger partial charge >= 0.3 is 0 Å². The third-order valence-corrected chi connectivity index (χ3v) is 7.18. The minimum atomic E-state index is -0.260. The highest BCUT2D eigenvalue weighted by Crippen LogP contribution is 2.42. The molecule has 0 aliphatic carbocycles. The number of piperidine rings is 1. The van der Waals surface area contributed by atoms with Crippen LogP contribution in [0.25, 0.3) is 4.96 Å². The number of likely N-dealkylation sites (tertiary alicyclic amines) is 1. The molecule has 2 aromatic heterocycles. The first kappa shape index (κ1) is 20.4. The molecule has 3 aromatic rings. The van der Waals surface area contributed by atoms with E-state index in [1.54, 1.807) is 6.07 Å². The number of primary amides is 1. The van der Waals surface area contributed by atoms with Gasteiger partial charge in [0.05, 0.1) is 21.0 Å². The molecule has 29 heavy (non-hydrogen) atoms. The van der Waals surface area contributed by atoms with E-state index in [1.165, 1.54) is 15.9 Å². The quantitative estimate of drug-likeness (QED) is 0.614. The molecule has 0 bridgehead atoms. The molecule has 154 valence electrons. The summed E-state index contributed by atoms with van der Waals surface area (Å²) < 4.78 is 1.49. The molecule has 0 spiro atoms. The predicted molar refractivity (Wildman–Crippen MR) is 114 cm³/mol. The number of rotatable bonds is 5. The van der Waals surface area contributed by atoms with Crippen molar-refractivity contribution in [1.29, 1.82) is 0 Å². The molecule has 1 atom stereocenters. The van der Waals surface area contributed by atoms with Gasteiger partial charge in [-0.05, 0) is 43.6 Å². The lowest BCUT2D eigenvalue weighted by Crippen LogP contribution is -2.40. The van der Waals surface area contributed by atoms with Gasteiger partial charge in [0.2, 0.25) is 16.7 Å². The summed E-state index contributed by atoms with van der Waals surface area (Å²) in [5, 5.41) is 16.2. The van der Waals surface area contributed by atoms with Gasteiger partial charge in [0.1, 0.15) is 0 Å². The second-order valence-electron chi connectivity index (χ2n) is 7.15. The lowest BCUT2D eigenvalue weighted by atomic mass is 9.93. The van der Waals surface area contributed by atoms with Crippen molar-refractivity contribution in [3.63, 3.8) is 0 Å². The number of aryl methyl sites for hydroxylation is 1. The van der Waals surface area contributed by atoms with E-state index < -0.39 is 0 Å². The highest BCUT2D eigenvalue weighted by Gasteiger charge is 2.33. The van der Waals surface area contributed by atoms with Crippen LogP contribution in [0.1, 0.15) is 42.1 Å². The van der Waals surface area contributed by atoms with Gasteiger partial charge in [-0.1, -0.05) is 47.5 Å². The van der Waals surface area contributed by atoms with Crippen LogP contribution in [0.15, 0.2) is 18.2 Å². The zero-order valence-electron chi connectivity index (χ0n) is 15.8. The Labute approximate surface area is 182 Å². The largest absolute Gasteiger partial charge is 0.492 e. The maximum atomic E-state index is 11.6. The predicted octanol–water partition coefficient (Wildman–Crippen LogP) is 3.65. The van der Waals surface area contributed by atoms with Gasteiger partial charge in [-0.3, -0.25) is 9.69 Å². The number of aromatic hydroxyl groups is 1. The summed E-state index contributed by atoms with van der Waals surface area (Å²) in [6, 6.07) is 5.23. The molecule has 3 N–H and O–H groups in total. The topological polar surface area (TPSA) is 96.8 Å². The maximum absolute atomic E-state index is 11.6. The van der Waals surface area contributed by atoms with Crippen molar-refractivity contribution in [3.8, 4) is 5.88 Å². The lowest BCUT2D eigenvalue weighted by Gasteiger charge is -2.36. The summed E-state index contributed by atoms with van der Waals surface area (Å²) in [4.78, 5) is 19.7. The fourth-order valence-electron chi connectivity index (χ4n) is 3.77. The van der Waals surface area contributed by atoms with Crippen molar-refractivity contribution in [1.82, 2.24) is 19.5 Å². The molecule has 1 fully saturated rings. The molecule has 1 aliphatic heterocycles. The van der Waals surface area contributed by atoms with Crippen molar-refractivity contribution in [2.45, 2.75) is 32.2 Å². The van der Waals surface area contributed by atoms with Crippen molar-refractivity contribution < 1.29 is 9.90 Å². The van der Waals surface area contributed by atoms with Gasteiger partial charge in [0.25, 0.3) is 0 Å².